The van der Waals surface area contributed by atoms with Gasteiger partial charge >= 0.3 is 0 Å². The number of allylic oxidation sites excluding steroid dienone is 1. The van der Waals surface area contributed by atoms with E-state index in [0.717, 1.165) is 12.1 Å². The standard InChI is InChI=1S/C20H25N/c1-5-16(4)14-21-20-12-10-19(11-13-20)18-8-6-17(7-9-18)15(2)3/h6-15,21H,5H2,1-4H3/b16-14-. The lowest BCUT2D eigenvalue weighted by atomic mass is 9.99. The van der Waals surface area contributed by atoms with Crippen molar-refractivity contribution in [3.63, 3.8) is 0 Å². The van der Waals surface area contributed by atoms with E-state index in [9.17, 15) is 0 Å². The molecule has 1 nitrogen and oxygen atoms in total. The van der Waals surface area contributed by atoms with Crippen LogP contribution in [0.4, 0.5) is 5.69 Å². The Morgan fingerprint density at radius 1 is 0.952 bits per heavy atom. The highest BCUT2D eigenvalue weighted by Gasteiger charge is 2.01. The maximum Gasteiger partial charge on any atom is 0.0380 e. The summed E-state index contributed by atoms with van der Waals surface area (Å²) < 4.78 is 0. The SMILES string of the molecule is CC/C(C)=C\Nc1ccc(-c2ccc(C(C)C)cc2)cc1. The Kier molecular flexibility index (Phi) is 5.21. The number of benzene rings is 2. The fraction of sp³-hybridized carbons (Fsp3) is 0.300. The molecule has 0 aliphatic carbocycles. The fourth-order valence-corrected chi connectivity index (χ4v) is 2.13. The van der Waals surface area contributed by atoms with Gasteiger partial charge in [0.1, 0.15) is 0 Å². The van der Waals surface area contributed by atoms with Gasteiger partial charge in [-0.05, 0) is 54.3 Å². The van der Waals surface area contributed by atoms with Gasteiger partial charge in [-0.3, -0.25) is 0 Å². The van der Waals surface area contributed by atoms with Crippen molar-refractivity contribution in [2.75, 3.05) is 5.32 Å². The Morgan fingerprint density at radius 2 is 1.48 bits per heavy atom. The molecule has 2 rings (SSSR count). The quantitative estimate of drug-likeness (QED) is 0.686. The third-order valence-corrected chi connectivity index (χ3v) is 3.84. The number of rotatable bonds is 5. The van der Waals surface area contributed by atoms with Crippen LogP contribution in [-0.4, -0.2) is 0 Å². The van der Waals surface area contributed by atoms with Gasteiger partial charge in [-0.1, -0.05) is 62.7 Å². The Labute approximate surface area is 128 Å². The molecule has 0 spiro atoms. The lowest BCUT2D eigenvalue weighted by molar-refractivity contribution is 0.867. The molecule has 1 N–H and O–H groups in total. The van der Waals surface area contributed by atoms with Gasteiger partial charge in [-0.25, -0.2) is 0 Å². The van der Waals surface area contributed by atoms with E-state index in [1.807, 2.05) is 0 Å². The highest BCUT2D eigenvalue weighted by Crippen LogP contribution is 2.24. The Hall–Kier alpha value is -2.02. The van der Waals surface area contributed by atoms with Crippen LogP contribution >= 0.6 is 0 Å². The molecule has 2 aromatic carbocycles. The number of hydrogen-bond donors (Lipinski definition) is 1. The van der Waals surface area contributed by atoms with E-state index in [1.54, 1.807) is 0 Å². The molecule has 1 heteroatoms. The smallest absolute Gasteiger partial charge is 0.0380 e. The Balaban J connectivity index is 2.11. The van der Waals surface area contributed by atoms with Crippen molar-refractivity contribution in [1.29, 1.82) is 0 Å². The van der Waals surface area contributed by atoms with E-state index in [4.69, 9.17) is 0 Å². The second-order valence-corrected chi connectivity index (χ2v) is 5.84. The van der Waals surface area contributed by atoms with Crippen LogP contribution in [0.1, 0.15) is 45.6 Å². The summed E-state index contributed by atoms with van der Waals surface area (Å²) in [6.07, 6.45) is 3.15. The van der Waals surface area contributed by atoms with E-state index in [2.05, 4.69) is 87.7 Å². The summed E-state index contributed by atoms with van der Waals surface area (Å²) in [5.41, 5.74) is 6.39. The molecule has 0 heterocycles. The Morgan fingerprint density at radius 3 is 1.95 bits per heavy atom. The van der Waals surface area contributed by atoms with Crippen molar-refractivity contribution in [2.45, 2.75) is 40.0 Å². The van der Waals surface area contributed by atoms with Crippen LogP contribution in [0.15, 0.2) is 60.3 Å². The summed E-state index contributed by atoms with van der Waals surface area (Å²) in [6.45, 7) is 8.75. The number of anilines is 1. The first-order valence-electron chi connectivity index (χ1n) is 7.72. The van der Waals surface area contributed by atoms with Crippen molar-refractivity contribution in [2.24, 2.45) is 0 Å². The van der Waals surface area contributed by atoms with Crippen molar-refractivity contribution in [3.8, 4) is 11.1 Å². The topological polar surface area (TPSA) is 12.0 Å². The molecule has 0 unspecified atom stereocenters. The maximum atomic E-state index is 3.34. The van der Waals surface area contributed by atoms with Gasteiger partial charge in [0.2, 0.25) is 0 Å². The monoisotopic (exact) mass is 279 g/mol. The predicted molar refractivity (Wildman–Crippen MR) is 93.6 cm³/mol. The minimum Gasteiger partial charge on any atom is -0.362 e. The fourth-order valence-electron chi connectivity index (χ4n) is 2.13. The number of hydrogen-bond acceptors (Lipinski definition) is 1. The lowest BCUT2D eigenvalue weighted by Gasteiger charge is -2.08. The molecule has 0 aliphatic heterocycles. The van der Waals surface area contributed by atoms with Crippen LogP contribution in [0, 0.1) is 0 Å². The van der Waals surface area contributed by atoms with Crippen molar-refractivity contribution < 1.29 is 0 Å². The molecule has 0 aliphatic rings. The average molecular weight is 279 g/mol. The molecular weight excluding hydrogens is 254 g/mol. The molecule has 0 aromatic heterocycles. The second kappa shape index (κ2) is 7.12. The molecule has 2 aromatic rings. The average Bonchev–Trinajstić information content (AvgIpc) is 2.53. The van der Waals surface area contributed by atoms with E-state index in [1.165, 1.54) is 22.3 Å². The summed E-state index contributed by atoms with van der Waals surface area (Å²) in [4.78, 5) is 0. The van der Waals surface area contributed by atoms with Gasteiger partial charge in [-0.15, -0.1) is 0 Å². The lowest BCUT2D eigenvalue weighted by Crippen LogP contribution is -1.90. The molecule has 0 saturated carbocycles. The number of nitrogens with one attached hydrogen (secondary N) is 1. The summed E-state index contributed by atoms with van der Waals surface area (Å²) in [6, 6.07) is 17.5. The molecule has 110 valence electrons. The molecule has 0 amide bonds. The van der Waals surface area contributed by atoms with Gasteiger partial charge in [0.15, 0.2) is 0 Å². The first-order chi connectivity index (χ1) is 10.1. The minimum atomic E-state index is 0.583. The zero-order chi connectivity index (χ0) is 15.2. The first-order valence-corrected chi connectivity index (χ1v) is 7.72. The summed E-state index contributed by atoms with van der Waals surface area (Å²) in [7, 11) is 0. The third-order valence-electron chi connectivity index (χ3n) is 3.84. The van der Waals surface area contributed by atoms with Crippen LogP contribution in [0.2, 0.25) is 0 Å². The zero-order valence-electron chi connectivity index (χ0n) is 13.5. The molecule has 0 atom stereocenters. The predicted octanol–water partition coefficient (Wildman–Crippen LogP) is 6.20. The van der Waals surface area contributed by atoms with Gasteiger partial charge in [-0.2, -0.15) is 0 Å². The largest absolute Gasteiger partial charge is 0.362 e. The van der Waals surface area contributed by atoms with E-state index in [-0.39, 0.29) is 0 Å². The molecule has 21 heavy (non-hydrogen) atoms. The van der Waals surface area contributed by atoms with E-state index < -0.39 is 0 Å². The molecule has 0 saturated heterocycles. The van der Waals surface area contributed by atoms with Crippen molar-refractivity contribution in [3.05, 3.63) is 65.9 Å². The summed E-state index contributed by atoms with van der Waals surface area (Å²) in [5.74, 6) is 0.583. The zero-order valence-corrected chi connectivity index (χ0v) is 13.5. The van der Waals surface area contributed by atoms with Crippen LogP contribution in [-0.2, 0) is 0 Å². The second-order valence-electron chi connectivity index (χ2n) is 5.84. The minimum absolute atomic E-state index is 0.583. The molecule has 0 radical (unpaired) electrons. The third kappa shape index (κ3) is 4.22. The molecule has 0 bridgehead atoms. The Bertz CT molecular complexity index is 589. The van der Waals surface area contributed by atoms with Crippen molar-refractivity contribution in [1.82, 2.24) is 0 Å². The normalized spacial score (nSPS) is 11.8. The van der Waals surface area contributed by atoms with E-state index in [0.29, 0.717) is 5.92 Å². The summed E-state index contributed by atoms with van der Waals surface area (Å²) in [5, 5.41) is 3.34. The maximum absolute atomic E-state index is 3.34. The van der Waals surface area contributed by atoms with Crippen LogP contribution in [0.25, 0.3) is 11.1 Å². The van der Waals surface area contributed by atoms with Crippen molar-refractivity contribution >= 4 is 5.69 Å². The first kappa shape index (κ1) is 15.4. The van der Waals surface area contributed by atoms with Gasteiger partial charge < -0.3 is 5.32 Å². The highest BCUT2D eigenvalue weighted by molar-refractivity contribution is 5.66. The summed E-state index contributed by atoms with van der Waals surface area (Å²) >= 11 is 0. The van der Waals surface area contributed by atoms with Crippen LogP contribution in [0.5, 0.6) is 0 Å². The van der Waals surface area contributed by atoms with E-state index >= 15 is 0 Å². The van der Waals surface area contributed by atoms with Gasteiger partial charge in [0.25, 0.3) is 0 Å². The van der Waals surface area contributed by atoms with Gasteiger partial charge in [0, 0.05) is 5.69 Å². The van der Waals surface area contributed by atoms with Crippen LogP contribution in [0.3, 0.4) is 0 Å². The molecular formula is C20H25N. The highest BCUT2D eigenvalue weighted by atomic mass is 14.8. The molecule has 0 fully saturated rings. The van der Waals surface area contributed by atoms with Crippen LogP contribution < -0.4 is 5.32 Å². The van der Waals surface area contributed by atoms with Gasteiger partial charge in [0.05, 0.1) is 0 Å².